The Balaban J connectivity index is 1.79. The zero-order valence-corrected chi connectivity index (χ0v) is 12.9. The Kier molecular flexibility index (Phi) is 4.15. The van der Waals surface area contributed by atoms with Gasteiger partial charge in [0.25, 0.3) is 11.5 Å². The lowest BCUT2D eigenvalue weighted by Gasteiger charge is -2.08. The van der Waals surface area contributed by atoms with Crippen LogP contribution >= 0.6 is 11.8 Å². The molecule has 0 spiro atoms. The van der Waals surface area contributed by atoms with Crippen LogP contribution in [0.5, 0.6) is 5.75 Å². The maximum atomic E-state index is 12.3. The molecule has 1 aromatic heterocycles. The summed E-state index contributed by atoms with van der Waals surface area (Å²) >= 11 is 1.52. The number of benzene rings is 1. The molecule has 1 aromatic carbocycles. The van der Waals surface area contributed by atoms with Gasteiger partial charge in [0.15, 0.2) is 5.16 Å². The predicted molar refractivity (Wildman–Crippen MR) is 84.8 cm³/mol. The summed E-state index contributed by atoms with van der Waals surface area (Å²) in [5, 5.41) is 3.37. The molecule has 0 bridgehead atoms. The van der Waals surface area contributed by atoms with Crippen LogP contribution < -0.4 is 15.6 Å². The van der Waals surface area contributed by atoms with Gasteiger partial charge < -0.3 is 10.1 Å². The third kappa shape index (κ3) is 2.85. The second-order valence-corrected chi connectivity index (χ2v) is 5.73. The van der Waals surface area contributed by atoms with Gasteiger partial charge in [0.05, 0.1) is 6.61 Å². The zero-order chi connectivity index (χ0) is 15.5. The number of nitrogens with zero attached hydrogens (tertiary/aromatic N) is 2. The summed E-state index contributed by atoms with van der Waals surface area (Å²) < 4.78 is 6.88. The first-order valence-electron chi connectivity index (χ1n) is 6.96. The van der Waals surface area contributed by atoms with Crippen molar-refractivity contribution in [2.45, 2.75) is 18.6 Å². The molecule has 6 nitrogen and oxygen atoms in total. The number of ether oxygens (including phenoxy) is 1. The fraction of sp³-hybridized carbons (Fsp3) is 0.267. The van der Waals surface area contributed by atoms with Crippen molar-refractivity contribution in [2.24, 2.45) is 0 Å². The normalized spacial score (nSPS) is 12.8. The fourth-order valence-corrected chi connectivity index (χ4v) is 3.09. The molecule has 0 saturated heterocycles. The van der Waals surface area contributed by atoms with E-state index in [-0.39, 0.29) is 11.1 Å². The first-order valence-corrected chi connectivity index (χ1v) is 7.94. The van der Waals surface area contributed by atoms with Gasteiger partial charge in [-0.3, -0.25) is 14.2 Å². The van der Waals surface area contributed by atoms with Gasteiger partial charge in [-0.05, 0) is 31.2 Å². The Morgan fingerprint density at radius 3 is 2.91 bits per heavy atom. The van der Waals surface area contributed by atoms with Crippen LogP contribution in [0.25, 0.3) is 0 Å². The van der Waals surface area contributed by atoms with E-state index in [4.69, 9.17) is 4.74 Å². The number of carbonyl (C=O) groups is 1. The molecule has 22 heavy (non-hydrogen) atoms. The first-order chi connectivity index (χ1) is 10.7. The summed E-state index contributed by atoms with van der Waals surface area (Å²) in [6, 6.07) is 7.00. The van der Waals surface area contributed by atoms with Crippen molar-refractivity contribution < 1.29 is 9.53 Å². The van der Waals surface area contributed by atoms with Crippen LogP contribution in [0.3, 0.4) is 0 Å². The van der Waals surface area contributed by atoms with Crippen LogP contribution in [-0.2, 0) is 6.54 Å². The van der Waals surface area contributed by atoms with Crippen molar-refractivity contribution in [3.8, 4) is 5.75 Å². The molecule has 1 amide bonds. The van der Waals surface area contributed by atoms with E-state index in [0.717, 1.165) is 11.5 Å². The molecule has 2 aromatic rings. The van der Waals surface area contributed by atoms with E-state index in [0.29, 0.717) is 24.0 Å². The number of fused-ring (bicyclic) bond motifs is 1. The largest absolute Gasteiger partial charge is 0.494 e. The second kappa shape index (κ2) is 6.23. The SMILES string of the molecule is CCOc1ccc(NC(=O)c2cnc3n(c2=O)CCS3)cc1. The highest BCUT2D eigenvalue weighted by Crippen LogP contribution is 2.21. The standard InChI is InChI=1S/C15H15N3O3S/c1-2-21-11-5-3-10(4-6-11)17-13(19)12-9-16-15-18(14(12)20)7-8-22-15/h3-6,9H,2,7-8H2,1H3,(H,17,19). The Morgan fingerprint density at radius 2 is 2.18 bits per heavy atom. The molecule has 7 heteroatoms. The van der Waals surface area contributed by atoms with E-state index in [1.807, 2.05) is 6.92 Å². The lowest BCUT2D eigenvalue weighted by molar-refractivity contribution is 0.102. The summed E-state index contributed by atoms with van der Waals surface area (Å²) in [4.78, 5) is 28.7. The molecule has 0 atom stereocenters. The molecule has 114 valence electrons. The molecule has 0 unspecified atom stereocenters. The Labute approximate surface area is 131 Å². The molecule has 2 heterocycles. The third-order valence-corrected chi connectivity index (χ3v) is 4.20. The van der Waals surface area contributed by atoms with Crippen LogP contribution in [0.4, 0.5) is 5.69 Å². The molecule has 0 radical (unpaired) electrons. The van der Waals surface area contributed by atoms with Gasteiger partial charge in [-0.15, -0.1) is 0 Å². The maximum Gasteiger partial charge on any atom is 0.267 e. The van der Waals surface area contributed by atoms with Gasteiger partial charge in [0.1, 0.15) is 11.3 Å². The number of thioether (sulfide) groups is 1. The summed E-state index contributed by atoms with van der Waals surface area (Å²) in [6.07, 6.45) is 1.34. The number of amides is 1. The van der Waals surface area contributed by atoms with Crippen LogP contribution in [0.2, 0.25) is 0 Å². The van der Waals surface area contributed by atoms with Gasteiger partial charge in [-0.25, -0.2) is 4.98 Å². The fourth-order valence-electron chi connectivity index (χ4n) is 2.17. The van der Waals surface area contributed by atoms with Crippen molar-refractivity contribution in [1.29, 1.82) is 0 Å². The van der Waals surface area contributed by atoms with Crippen LogP contribution in [-0.4, -0.2) is 27.8 Å². The number of aromatic nitrogens is 2. The predicted octanol–water partition coefficient (Wildman–Crippen LogP) is 2.00. The highest BCUT2D eigenvalue weighted by Gasteiger charge is 2.19. The van der Waals surface area contributed by atoms with Crippen molar-refractivity contribution in [3.63, 3.8) is 0 Å². The molecular weight excluding hydrogens is 302 g/mol. The van der Waals surface area contributed by atoms with Crippen molar-refractivity contribution in [2.75, 3.05) is 17.7 Å². The minimum Gasteiger partial charge on any atom is -0.494 e. The highest BCUT2D eigenvalue weighted by atomic mass is 32.2. The van der Waals surface area contributed by atoms with Crippen molar-refractivity contribution in [3.05, 3.63) is 46.4 Å². The monoisotopic (exact) mass is 317 g/mol. The minimum absolute atomic E-state index is 0.0557. The first kappa shape index (κ1) is 14.6. The topological polar surface area (TPSA) is 73.2 Å². The number of hydrogen-bond acceptors (Lipinski definition) is 5. The summed E-state index contributed by atoms with van der Waals surface area (Å²) in [7, 11) is 0. The summed E-state index contributed by atoms with van der Waals surface area (Å²) in [5.41, 5.74) is 0.367. The molecular formula is C15H15N3O3S. The molecule has 0 aliphatic carbocycles. The molecule has 0 fully saturated rings. The lowest BCUT2D eigenvalue weighted by atomic mass is 10.2. The number of nitrogens with one attached hydrogen (secondary N) is 1. The van der Waals surface area contributed by atoms with Crippen LogP contribution in [0, 0.1) is 0 Å². The second-order valence-electron chi connectivity index (χ2n) is 4.67. The smallest absolute Gasteiger partial charge is 0.267 e. The lowest BCUT2D eigenvalue weighted by Crippen LogP contribution is -2.29. The van der Waals surface area contributed by atoms with E-state index in [9.17, 15) is 9.59 Å². The van der Waals surface area contributed by atoms with E-state index in [1.54, 1.807) is 24.3 Å². The molecule has 1 aliphatic rings. The van der Waals surface area contributed by atoms with Gasteiger partial charge in [-0.1, -0.05) is 11.8 Å². The van der Waals surface area contributed by atoms with Gasteiger partial charge >= 0.3 is 0 Å². The van der Waals surface area contributed by atoms with E-state index in [1.165, 1.54) is 22.5 Å². The van der Waals surface area contributed by atoms with Crippen molar-refractivity contribution in [1.82, 2.24) is 9.55 Å². The Hall–Kier alpha value is -2.28. The average Bonchev–Trinajstić information content (AvgIpc) is 2.99. The van der Waals surface area contributed by atoms with E-state index >= 15 is 0 Å². The van der Waals surface area contributed by atoms with E-state index in [2.05, 4.69) is 10.3 Å². The summed E-state index contributed by atoms with van der Waals surface area (Å²) in [5.74, 6) is 1.09. The van der Waals surface area contributed by atoms with Crippen LogP contribution in [0.15, 0.2) is 40.4 Å². The summed E-state index contributed by atoms with van der Waals surface area (Å²) in [6.45, 7) is 3.08. The molecule has 3 rings (SSSR count). The van der Waals surface area contributed by atoms with Gasteiger partial charge in [0, 0.05) is 24.2 Å². The molecule has 1 aliphatic heterocycles. The van der Waals surface area contributed by atoms with E-state index < -0.39 is 5.91 Å². The maximum absolute atomic E-state index is 12.3. The highest BCUT2D eigenvalue weighted by molar-refractivity contribution is 7.99. The molecule has 0 saturated carbocycles. The van der Waals surface area contributed by atoms with Crippen LogP contribution in [0.1, 0.15) is 17.3 Å². The minimum atomic E-state index is -0.450. The molecule has 1 N–H and O–H groups in total. The number of carbonyl (C=O) groups excluding carboxylic acids is 1. The third-order valence-electron chi connectivity index (χ3n) is 3.22. The average molecular weight is 317 g/mol. The van der Waals surface area contributed by atoms with Gasteiger partial charge in [0.2, 0.25) is 0 Å². The quantitative estimate of drug-likeness (QED) is 0.873. The number of rotatable bonds is 4. The Morgan fingerprint density at radius 1 is 1.41 bits per heavy atom. The van der Waals surface area contributed by atoms with Crippen molar-refractivity contribution >= 4 is 23.4 Å². The Bertz CT molecular complexity index is 756. The van der Waals surface area contributed by atoms with Gasteiger partial charge in [-0.2, -0.15) is 0 Å². The number of hydrogen-bond donors (Lipinski definition) is 1. The zero-order valence-electron chi connectivity index (χ0n) is 12.0. The number of anilines is 1.